The lowest BCUT2D eigenvalue weighted by Gasteiger charge is -2.37. The largest absolute Gasteiger partial charge is 0.316 e. The van der Waals surface area contributed by atoms with Crippen molar-refractivity contribution in [2.75, 3.05) is 53.9 Å². The molecule has 0 bridgehead atoms. The third kappa shape index (κ3) is 6.73. The fraction of sp³-hybridized carbons (Fsp3) is 1.00. The van der Waals surface area contributed by atoms with Crippen LogP contribution < -0.4 is 5.32 Å². The van der Waals surface area contributed by atoms with Gasteiger partial charge in [0.15, 0.2) is 0 Å². The van der Waals surface area contributed by atoms with E-state index in [-0.39, 0.29) is 0 Å². The van der Waals surface area contributed by atoms with Crippen LogP contribution in [0.2, 0.25) is 0 Å². The predicted molar refractivity (Wildman–Crippen MR) is 84.7 cm³/mol. The minimum Gasteiger partial charge on any atom is -0.316 e. The number of hydrogen-bond donors (Lipinski definition) is 1. The molecule has 0 atom stereocenters. The summed E-state index contributed by atoms with van der Waals surface area (Å²) in [6, 6.07) is 0. The van der Waals surface area contributed by atoms with E-state index in [0.29, 0.717) is 5.41 Å². The Hall–Kier alpha value is -0.120. The summed E-state index contributed by atoms with van der Waals surface area (Å²) in [6.07, 6.45) is 8.54. The summed E-state index contributed by atoms with van der Waals surface area (Å²) < 4.78 is 0. The maximum atomic E-state index is 3.62. The molecule has 19 heavy (non-hydrogen) atoms. The molecule has 0 aromatic carbocycles. The zero-order valence-electron chi connectivity index (χ0n) is 13.7. The lowest BCUT2D eigenvalue weighted by atomic mass is 9.79. The molecule has 0 aromatic heterocycles. The van der Waals surface area contributed by atoms with E-state index in [4.69, 9.17) is 0 Å². The smallest absolute Gasteiger partial charge is 0.0106 e. The van der Waals surface area contributed by atoms with Crippen molar-refractivity contribution in [3.05, 3.63) is 0 Å². The molecule has 0 unspecified atom stereocenters. The number of likely N-dealkylation sites (N-methyl/N-ethyl adjacent to an activating group) is 2. The first-order chi connectivity index (χ1) is 9.08. The number of nitrogens with zero attached hydrogens (tertiary/aromatic N) is 2. The van der Waals surface area contributed by atoms with Crippen molar-refractivity contribution < 1.29 is 0 Å². The predicted octanol–water partition coefficient (Wildman–Crippen LogP) is 2.43. The first-order valence-corrected chi connectivity index (χ1v) is 8.12. The highest BCUT2D eigenvalue weighted by molar-refractivity contribution is 4.86. The van der Waals surface area contributed by atoms with Crippen molar-refractivity contribution >= 4 is 0 Å². The Labute approximate surface area is 120 Å². The quantitative estimate of drug-likeness (QED) is 0.683. The van der Waals surface area contributed by atoms with E-state index in [2.05, 4.69) is 43.2 Å². The fourth-order valence-electron chi connectivity index (χ4n) is 3.28. The molecule has 0 saturated heterocycles. The summed E-state index contributed by atoms with van der Waals surface area (Å²) in [5.41, 5.74) is 0.521. The summed E-state index contributed by atoms with van der Waals surface area (Å²) in [6.45, 7) is 8.13. The molecule has 0 aromatic rings. The molecular weight excluding hydrogens is 234 g/mol. The SMILES string of the molecule is CCNCC1(CN(C)CCN(C)C)CCCCCC1. The van der Waals surface area contributed by atoms with Crippen molar-refractivity contribution in [1.82, 2.24) is 15.1 Å². The summed E-state index contributed by atoms with van der Waals surface area (Å²) in [5.74, 6) is 0. The molecule has 3 nitrogen and oxygen atoms in total. The number of rotatable bonds is 8. The van der Waals surface area contributed by atoms with E-state index in [1.165, 1.54) is 58.2 Å². The van der Waals surface area contributed by atoms with Gasteiger partial charge in [0, 0.05) is 26.2 Å². The van der Waals surface area contributed by atoms with Crippen molar-refractivity contribution in [2.45, 2.75) is 45.4 Å². The first-order valence-electron chi connectivity index (χ1n) is 8.12. The standard InChI is InChI=1S/C16H35N3/c1-5-17-14-16(10-8-6-7-9-11-16)15-19(4)13-12-18(2)3/h17H,5-15H2,1-4H3. The molecule has 0 aliphatic heterocycles. The molecule has 1 aliphatic carbocycles. The van der Waals surface area contributed by atoms with Gasteiger partial charge in [-0.2, -0.15) is 0 Å². The Balaban J connectivity index is 2.51. The topological polar surface area (TPSA) is 18.5 Å². The molecule has 1 saturated carbocycles. The van der Waals surface area contributed by atoms with E-state index in [9.17, 15) is 0 Å². The Bertz CT molecular complexity index is 220. The van der Waals surface area contributed by atoms with E-state index < -0.39 is 0 Å². The summed E-state index contributed by atoms with van der Waals surface area (Å²) in [5, 5.41) is 3.62. The van der Waals surface area contributed by atoms with Gasteiger partial charge in [0.05, 0.1) is 0 Å². The number of nitrogens with one attached hydrogen (secondary N) is 1. The minimum absolute atomic E-state index is 0.521. The molecule has 0 heterocycles. The van der Waals surface area contributed by atoms with Crippen LogP contribution in [0.15, 0.2) is 0 Å². The second kappa shape index (κ2) is 8.93. The summed E-state index contributed by atoms with van der Waals surface area (Å²) in [4.78, 5) is 4.82. The maximum absolute atomic E-state index is 3.62. The molecule has 0 amide bonds. The average Bonchev–Trinajstić information content (AvgIpc) is 2.60. The molecule has 3 heteroatoms. The Morgan fingerprint density at radius 1 is 0.947 bits per heavy atom. The highest BCUT2D eigenvalue weighted by Gasteiger charge is 2.31. The van der Waals surface area contributed by atoms with E-state index in [1.807, 2.05) is 0 Å². The highest BCUT2D eigenvalue weighted by Crippen LogP contribution is 2.35. The van der Waals surface area contributed by atoms with Crippen LogP contribution in [0.4, 0.5) is 0 Å². The normalized spacial score (nSPS) is 19.9. The first kappa shape index (κ1) is 16.9. The number of hydrogen-bond acceptors (Lipinski definition) is 3. The van der Waals surface area contributed by atoms with Crippen LogP contribution in [-0.2, 0) is 0 Å². The monoisotopic (exact) mass is 269 g/mol. The molecule has 1 fully saturated rings. The van der Waals surface area contributed by atoms with Crippen LogP contribution in [0.3, 0.4) is 0 Å². The van der Waals surface area contributed by atoms with Gasteiger partial charge in [-0.05, 0) is 45.9 Å². The Morgan fingerprint density at radius 3 is 2.11 bits per heavy atom. The van der Waals surface area contributed by atoms with Crippen molar-refractivity contribution in [3.8, 4) is 0 Å². The molecule has 114 valence electrons. The molecular formula is C16H35N3. The zero-order valence-corrected chi connectivity index (χ0v) is 13.7. The van der Waals surface area contributed by atoms with E-state index >= 15 is 0 Å². The fourth-order valence-corrected chi connectivity index (χ4v) is 3.28. The van der Waals surface area contributed by atoms with Gasteiger partial charge in [0.1, 0.15) is 0 Å². The maximum Gasteiger partial charge on any atom is 0.0106 e. The van der Waals surface area contributed by atoms with Crippen LogP contribution in [0.5, 0.6) is 0 Å². The highest BCUT2D eigenvalue weighted by atomic mass is 15.2. The van der Waals surface area contributed by atoms with Gasteiger partial charge in [0.2, 0.25) is 0 Å². The third-order valence-electron chi connectivity index (χ3n) is 4.45. The van der Waals surface area contributed by atoms with Gasteiger partial charge in [-0.15, -0.1) is 0 Å². The molecule has 1 aliphatic rings. The molecule has 0 radical (unpaired) electrons. The minimum atomic E-state index is 0.521. The molecule has 1 rings (SSSR count). The second-order valence-corrected chi connectivity index (χ2v) is 6.74. The third-order valence-corrected chi connectivity index (χ3v) is 4.45. The van der Waals surface area contributed by atoms with Crippen molar-refractivity contribution in [3.63, 3.8) is 0 Å². The van der Waals surface area contributed by atoms with Gasteiger partial charge >= 0.3 is 0 Å². The second-order valence-electron chi connectivity index (χ2n) is 6.74. The van der Waals surface area contributed by atoms with E-state index in [1.54, 1.807) is 0 Å². The van der Waals surface area contributed by atoms with Crippen LogP contribution in [0.1, 0.15) is 45.4 Å². The molecule has 1 N–H and O–H groups in total. The van der Waals surface area contributed by atoms with Crippen LogP contribution >= 0.6 is 0 Å². The summed E-state index contributed by atoms with van der Waals surface area (Å²) in [7, 11) is 6.61. The van der Waals surface area contributed by atoms with E-state index in [0.717, 1.165) is 13.1 Å². The van der Waals surface area contributed by atoms with Crippen LogP contribution in [-0.4, -0.2) is 63.7 Å². The Morgan fingerprint density at radius 2 is 1.58 bits per heavy atom. The van der Waals surface area contributed by atoms with Gasteiger partial charge in [-0.1, -0.05) is 32.6 Å². The lowest BCUT2D eigenvalue weighted by molar-refractivity contribution is 0.140. The van der Waals surface area contributed by atoms with Gasteiger partial charge in [-0.25, -0.2) is 0 Å². The Kier molecular flexibility index (Phi) is 7.96. The van der Waals surface area contributed by atoms with Gasteiger partial charge in [-0.3, -0.25) is 0 Å². The summed E-state index contributed by atoms with van der Waals surface area (Å²) >= 11 is 0. The molecule has 0 spiro atoms. The van der Waals surface area contributed by atoms with Crippen molar-refractivity contribution in [2.24, 2.45) is 5.41 Å². The van der Waals surface area contributed by atoms with Crippen LogP contribution in [0.25, 0.3) is 0 Å². The van der Waals surface area contributed by atoms with Crippen molar-refractivity contribution in [1.29, 1.82) is 0 Å². The van der Waals surface area contributed by atoms with Gasteiger partial charge < -0.3 is 15.1 Å². The average molecular weight is 269 g/mol. The van der Waals surface area contributed by atoms with Gasteiger partial charge in [0.25, 0.3) is 0 Å². The lowest BCUT2D eigenvalue weighted by Crippen LogP contribution is -2.44. The zero-order chi connectivity index (χ0) is 14.1. The van der Waals surface area contributed by atoms with Crippen LogP contribution in [0, 0.1) is 5.41 Å².